The van der Waals surface area contributed by atoms with Crippen molar-refractivity contribution in [2.45, 2.75) is 39.0 Å². The molecule has 1 aliphatic rings. The summed E-state index contributed by atoms with van der Waals surface area (Å²) in [5.74, 6) is -0.199. The number of hydrogen-bond donors (Lipinski definition) is 2. The molecule has 1 aliphatic carbocycles. The summed E-state index contributed by atoms with van der Waals surface area (Å²) in [5, 5.41) is 12.3. The van der Waals surface area contributed by atoms with Crippen LogP contribution in [-0.4, -0.2) is 30.8 Å². The first-order valence-corrected chi connectivity index (χ1v) is 7.76. The van der Waals surface area contributed by atoms with Gasteiger partial charge >= 0.3 is 5.97 Å². The summed E-state index contributed by atoms with van der Waals surface area (Å²) in [5.41, 5.74) is 0.729. The Morgan fingerprint density at radius 3 is 2.52 bits per heavy atom. The molecule has 1 saturated carbocycles. The zero-order valence-corrected chi connectivity index (χ0v) is 12.7. The summed E-state index contributed by atoms with van der Waals surface area (Å²) in [4.78, 5) is 10.7. The summed E-state index contributed by atoms with van der Waals surface area (Å²) < 4.78 is 5.61. The van der Waals surface area contributed by atoms with Gasteiger partial charge < -0.3 is 15.2 Å². The Hall–Kier alpha value is -1.55. The van der Waals surface area contributed by atoms with Crippen molar-refractivity contribution in [3.8, 4) is 5.75 Å². The van der Waals surface area contributed by atoms with Crippen LogP contribution in [0.2, 0.25) is 0 Å². The Morgan fingerprint density at radius 1 is 1.24 bits per heavy atom. The first-order chi connectivity index (χ1) is 10.1. The predicted octanol–water partition coefficient (Wildman–Crippen LogP) is 3.32. The standard InChI is InChI=1S/C17H25NO3/c1-17(9-3-2-4-10-17)13-18-11-12-21-15-7-5-14(6-8-15)16(19)20/h5-8,18H,2-4,9-13H2,1H3,(H,19,20). The third-order valence-electron chi connectivity index (χ3n) is 4.26. The second-order valence-corrected chi connectivity index (χ2v) is 6.23. The van der Waals surface area contributed by atoms with Crippen LogP contribution in [0, 0.1) is 5.41 Å². The molecule has 1 fully saturated rings. The molecular weight excluding hydrogens is 266 g/mol. The predicted molar refractivity (Wildman–Crippen MR) is 83.0 cm³/mol. The highest BCUT2D eigenvalue weighted by atomic mass is 16.5. The molecule has 0 aliphatic heterocycles. The first-order valence-electron chi connectivity index (χ1n) is 7.76. The molecule has 0 amide bonds. The van der Waals surface area contributed by atoms with E-state index in [9.17, 15) is 4.79 Å². The van der Waals surface area contributed by atoms with Crippen LogP contribution in [0.3, 0.4) is 0 Å². The van der Waals surface area contributed by atoms with Gasteiger partial charge in [0.15, 0.2) is 0 Å². The average molecular weight is 291 g/mol. The fourth-order valence-electron chi connectivity index (χ4n) is 2.91. The molecule has 0 atom stereocenters. The van der Waals surface area contributed by atoms with Crippen LogP contribution in [0.5, 0.6) is 5.75 Å². The molecule has 0 saturated heterocycles. The van der Waals surface area contributed by atoms with E-state index in [1.165, 1.54) is 32.1 Å². The molecule has 0 heterocycles. The lowest BCUT2D eigenvalue weighted by Crippen LogP contribution is -2.35. The van der Waals surface area contributed by atoms with E-state index in [0.717, 1.165) is 13.1 Å². The number of nitrogens with one attached hydrogen (secondary N) is 1. The van der Waals surface area contributed by atoms with E-state index in [4.69, 9.17) is 9.84 Å². The quantitative estimate of drug-likeness (QED) is 0.757. The molecule has 2 N–H and O–H groups in total. The highest BCUT2D eigenvalue weighted by Gasteiger charge is 2.25. The monoisotopic (exact) mass is 291 g/mol. The molecule has 4 heteroatoms. The minimum Gasteiger partial charge on any atom is -0.492 e. The van der Waals surface area contributed by atoms with Crippen LogP contribution >= 0.6 is 0 Å². The van der Waals surface area contributed by atoms with Crippen LogP contribution in [0.4, 0.5) is 0 Å². The number of carbonyl (C=O) groups is 1. The minimum absolute atomic E-state index is 0.283. The molecular formula is C17H25NO3. The number of ether oxygens (including phenoxy) is 1. The van der Waals surface area contributed by atoms with Crippen molar-refractivity contribution < 1.29 is 14.6 Å². The number of rotatable bonds is 7. The zero-order valence-electron chi connectivity index (χ0n) is 12.7. The van der Waals surface area contributed by atoms with E-state index in [1.807, 2.05) is 0 Å². The summed E-state index contributed by atoms with van der Waals surface area (Å²) in [7, 11) is 0. The fourth-order valence-corrected chi connectivity index (χ4v) is 2.91. The van der Waals surface area contributed by atoms with Crippen LogP contribution < -0.4 is 10.1 Å². The van der Waals surface area contributed by atoms with Crippen LogP contribution in [-0.2, 0) is 0 Å². The molecule has 4 nitrogen and oxygen atoms in total. The number of benzene rings is 1. The maximum Gasteiger partial charge on any atom is 0.335 e. The Balaban J connectivity index is 1.64. The van der Waals surface area contributed by atoms with Crippen LogP contribution in [0.25, 0.3) is 0 Å². The van der Waals surface area contributed by atoms with E-state index in [2.05, 4.69) is 12.2 Å². The van der Waals surface area contributed by atoms with Gasteiger partial charge in [-0.3, -0.25) is 0 Å². The lowest BCUT2D eigenvalue weighted by molar-refractivity contribution is 0.0697. The third-order valence-corrected chi connectivity index (χ3v) is 4.26. The smallest absolute Gasteiger partial charge is 0.335 e. The molecule has 1 aromatic carbocycles. The van der Waals surface area contributed by atoms with Crippen LogP contribution in [0.15, 0.2) is 24.3 Å². The third kappa shape index (κ3) is 5.05. The zero-order chi connectivity index (χ0) is 15.1. The Morgan fingerprint density at radius 2 is 1.90 bits per heavy atom. The normalized spacial score (nSPS) is 17.4. The minimum atomic E-state index is -0.913. The molecule has 1 aromatic rings. The molecule has 0 unspecified atom stereocenters. The summed E-state index contributed by atoms with van der Waals surface area (Å²) >= 11 is 0. The largest absolute Gasteiger partial charge is 0.492 e. The molecule has 2 rings (SSSR count). The Bertz CT molecular complexity index is 450. The van der Waals surface area contributed by atoms with E-state index < -0.39 is 5.97 Å². The van der Waals surface area contributed by atoms with E-state index in [-0.39, 0.29) is 5.56 Å². The SMILES string of the molecule is CC1(CNCCOc2ccc(C(=O)O)cc2)CCCCC1. The lowest BCUT2D eigenvalue weighted by Gasteiger charge is -2.33. The first kappa shape index (κ1) is 15.8. The number of aromatic carboxylic acids is 1. The van der Waals surface area contributed by atoms with Crippen molar-refractivity contribution >= 4 is 5.97 Å². The maximum atomic E-state index is 10.7. The summed E-state index contributed by atoms with van der Waals surface area (Å²) in [6.45, 7) is 4.83. The van der Waals surface area contributed by atoms with Crippen LogP contribution in [0.1, 0.15) is 49.4 Å². The molecule has 0 bridgehead atoms. The van der Waals surface area contributed by atoms with E-state index in [1.54, 1.807) is 24.3 Å². The highest BCUT2D eigenvalue weighted by molar-refractivity contribution is 5.87. The van der Waals surface area contributed by atoms with Gasteiger partial charge in [0.1, 0.15) is 12.4 Å². The van der Waals surface area contributed by atoms with Gasteiger partial charge in [-0.2, -0.15) is 0 Å². The molecule has 116 valence electrons. The molecule has 0 spiro atoms. The van der Waals surface area contributed by atoms with Gasteiger partial charge in [0.2, 0.25) is 0 Å². The Kier molecular flexibility index (Phi) is 5.62. The van der Waals surface area contributed by atoms with Crippen molar-refractivity contribution in [1.29, 1.82) is 0 Å². The van der Waals surface area contributed by atoms with Crippen molar-refractivity contribution in [3.05, 3.63) is 29.8 Å². The number of carboxylic acid groups (broad SMARTS) is 1. The number of hydrogen-bond acceptors (Lipinski definition) is 3. The second-order valence-electron chi connectivity index (χ2n) is 6.23. The van der Waals surface area contributed by atoms with Crippen molar-refractivity contribution in [2.75, 3.05) is 19.7 Å². The van der Waals surface area contributed by atoms with Gasteiger partial charge in [-0.15, -0.1) is 0 Å². The Labute approximate surface area is 126 Å². The highest BCUT2D eigenvalue weighted by Crippen LogP contribution is 2.34. The number of carboxylic acids is 1. The van der Waals surface area contributed by atoms with Crippen molar-refractivity contribution in [1.82, 2.24) is 5.32 Å². The van der Waals surface area contributed by atoms with Gasteiger partial charge in [0, 0.05) is 13.1 Å². The molecule has 21 heavy (non-hydrogen) atoms. The second kappa shape index (κ2) is 7.46. The van der Waals surface area contributed by atoms with Crippen molar-refractivity contribution in [2.24, 2.45) is 5.41 Å². The summed E-state index contributed by atoms with van der Waals surface area (Å²) in [6.07, 6.45) is 6.72. The van der Waals surface area contributed by atoms with Gasteiger partial charge in [-0.25, -0.2) is 4.79 Å². The van der Waals surface area contributed by atoms with Gasteiger partial charge in [0.25, 0.3) is 0 Å². The van der Waals surface area contributed by atoms with E-state index in [0.29, 0.717) is 17.8 Å². The topological polar surface area (TPSA) is 58.6 Å². The van der Waals surface area contributed by atoms with Gasteiger partial charge in [-0.05, 0) is 42.5 Å². The van der Waals surface area contributed by atoms with Gasteiger partial charge in [-0.1, -0.05) is 26.2 Å². The van der Waals surface area contributed by atoms with E-state index >= 15 is 0 Å². The lowest BCUT2D eigenvalue weighted by atomic mass is 9.76. The fraction of sp³-hybridized carbons (Fsp3) is 0.588. The maximum absolute atomic E-state index is 10.7. The summed E-state index contributed by atoms with van der Waals surface area (Å²) in [6, 6.07) is 6.53. The van der Waals surface area contributed by atoms with Crippen molar-refractivity contribution in [3.63, 3.8) is 0 Å². The van der Waals surface area contributed by atoms with Gasteiger partial charge in [0.05, 0.1) is 5.56 Å². The average Bonchev–Trinajstić information content (AvgIpc) is 2.48. The molecule has 0 radical (unpaired) electrons. The molecule has 0 aromatic heterocycles.